The van der Waals surface area contributed by atoms with E-state index in [9.17, 15) is 0 Å². The molecule has 2 heteroatoms. The minimum absolute atomic E-state index is 0.101. The number of aromatic nitrogens is 2. The van der Waals surface area contributed by atoms with E-state index >= 15 is 0 Å². The lowest BCUT2D eigenvalue weighted by Crippen LogP contribution is -2.00. The molecule has 0 amide bonds. The van der Waals surface area contributed by atoms with E-state index in [1.165, 1.54) is 0 Å². The molecule has 1 aromatic heterocycles. The third kappa shape index (κ3) is 2.02. The molecule has 90 valence electrons. The van der Waals surface area contributed by atoms with Crippen LogP contribution < -0.4 is 0 Å². The summed E-state index contributed by atoms with van der Waals surface area (Å²) in [6, 6.07) is 8.10. The molecule has 3 rings (SSSR count). The summed E-state index contributed by atoms with van der Waals surface area (Å²) in [4.78, 5) is 7.97. The van der Waals surface area contributed by atoms with Crippen molar-refractivity contribution in [3.8, 4) is 0 Å². The summed E-state index contributed by atoms with van der Waals surface area (Å²) in [5.41, 5.74) is 3.31. The minimum atomic E-state index is 0.101. The second kappa shape index (κ2) is 3.98. The van der Waals surface area contributed by atoms with E-state index in [4.69, 9.17) is 0 Å². The minimum Gasteiger partial charge on any atom is -0.338 e. The van der Waals surface area contributed by atoms with Crippen LogP contribution in [0.1, 0.15) is 19.7 Å². The van der Waals surface area contributed by atoms with Gasteiger partial charge in [-0.15, -0.1) is 0 Å². The molecule has 1 aliphatic carbocycles. The molecule has 0 unspecified atom stereocenters. The van der Waals surface area contributed by atoms with Crippen molar-refractivity contribution in [1.82, 2.24) is 9.97 Å². The van der Waals surface area contributed by atoms with Crippen molar-refractivity contribution in [1.29, 1.82) is 0 Å². The van der Waals surface area contributed by atoms with E-state index < -0.39 is 0 Å². The standard InChI is InChI=1S/C16H16N2/c1-16(2)10-5-6-12(9-11-16)15-17-13-7-3-4-8-14(13)18-15/h3-11H,1-2H3,(H,17,18). The van der Waals surface area contributed by atoms with Crippen molar-refractivity contribution < 1.29 is 0 Å². The van der Waals surface area contributed by atoms with E-state index in [0.717, 1.165) is 22.4 Å². The first-order chi connectivity index (χ1) is 8.64. The van der Waals surface area contributed by atoms with Gasteiger partial charge < -0.3 is 4.98 Å². The fourth-order valence-corrected chi connectivity index (χ4v) is 2.06. The van der Waals surface area contributed by atoms with E-state index in [1.807, 2.05) is 24.3 Å². The molecule has 1 aliphatic rings. The van der Waals surface area contributed by atoms with Crippen LogP contribution in [-0.4, -0.2) is 9.97 Å². The van der Waals surface area contributed by atoms with Crippen molar-refractivity contribution in [2.24, 2.45) is 5.41 Å². The van der Waals surface area contributed by atoms with Gasteiger partial charge in [0.15, 0.2) is 0 Å². The molecule has 2 aromatic rings. The lowest BCUT2D eigenvalue weighted by molar-refractivity contribution is 0.627. The lowest BCUT2D eigenvalue weighted by Gasteiger charge is -2.12. The number of para-hydroxylation sites is 2. The number of rotatable bonds is 1. The Kier molecular flexibility index (Phi) is 2.44. The average molecular weight is 236 g/mol. The Morgan fingerprint density at radius 1 is 1.11 bits per heavy atom. The van der Waals surface area contributed by atoms with Gasteiger partial charge in [-0.1, -0.05) is 56.4 Å². The van der Waals surface area contributed by atoms with Crippen molar-refractivity contribution >= 4 is 16.6 Å². The monoisotopic (exact) mass is 236 g/mol. The number of allylic oxidation sites excluding steroid dienone is 6. The quantitative estimate of drug-likeness (QED) is 0.793. The van der Waals surface area contributed by atoms with Crippen LogP contribution in [0.15, 0.2) is 54.6 Å². The second-order valence-corrected chi connectivity index (χ2v) is 5.24. The Hall–Kier alpha value is -2.09. The van der Waals surface area contributed by atoms with Gasteiger partial charge in [0.1, 0.15) is 5.82 Å². The molecule has 0 atom stereocenters. The molecule has 0 spiro atoms. The smallest absolute Gasteiger partial charge is 0.138 e. The topological polar surface area (TPSA) is 28.7 Å². The summed E-state index contributed by atoms with van der Waals surface area (Å²) < 4.78 is 0. The molecule has 0 fully saturated rings. The first-order valence-electron chi connectivity index (χ1n) is 6.18. The predicted octanol–water partition coefficient (Wildman–Crippen LogP) is 4.10. The maximum atomic E-state index is 4.62. The Labute approximate surface area is 107 Å². The molecule has 1 aromatic carbocycles. The predicted molar refractivity (Wildman–Crippen MR) is 76.1 cm³/mol. The number of H-pyrrole nitrogens is 1. The molecular formula is C16H16N2. The number of benzene rings is 1. The molecule has 18 heavy (non-hydrogen) atoms. The lowest BCUT2D eigenvalue weighted by atomic mass is 9.93. The maximum Gasteiger partial charge on any atom is 0.138 e. The van der Waals surface area contributed by atoms with Crippen LogP contribution in [-0.2, 0) is 0 Å². The number of imidazole rings is 1. The highest BCUT2D eigenvalue weighted by atomic mass is 14.9. The van der Waals surface area contributed by atoms with Gasteiger partial charge in [-0.05, 0) is 12.1 Å². The van der Waals surface area contributed by atoms with Crippen molar-refractivity contribution in [3.63, 3.8) is 0 Å². The third-order valence-corrected chi connectivity index (χ3v) is 3.16. The van der Waals surface area contributed by atoms with Gasteiger partial charge in [0.05, 0.1) is 11.0 Å². The zero-order valence-electron chi connectivity index (χ0n) is 10.6. The molecular weight excluding hydrogens is 220 g/mol. The van der Waals surface area contributed by atoms with Gasteiger partial charge in [0.2, 0.25) is 0 Å². The molecule has 1 N–H and O–H groups in total. The van der Waals surface area contributed by atoms with E-state index in [0.29, 0.717) is 0 Å². The highest BCUT2D eigenvalue weighted by molar-refractivity contribution is 5.81. The zero-order valence-corrected chi connectivity index (χ0v) is 10.6. The molecule has 0 bridgehead atoms. The number of hydrogen-bond acceptors (Lipinski definition) is 1. The van der Waals surface area contributed by atoms with Crippen molar-refractivity contribution in [2.45, 2.75) is 13.8 Å². The molecule has 2 nitrogen and oxygen atoms in total. The van der Waals surface area contributed by atoms with Crippen LogP contribution in [0.25, 0.3) is 16.6 Å². The Bertz CT molecular complexity index is 636. The first-order valence-corrected chi connectivity index (χ1v) is 6.18. The fourth-order valence-electron chi connectivity index (χ4n) is 2.06. The molecule has 0 aliphatic heterocycles. The summed E-state index contributed by atoms with van der Waals surface area (Å²) >= 11 is 0. The SMILES string of the molecule is CC1(C)C=CC=C(c2nc3ccccc3[nH]2)C=C1. The third-order valence-electron chi connectivity index (χ3n) is 3.16. The van der Waals surface area contributed by atoms with Crippen LogP contribution in [0.2, 0.25) is 0 Å². The van der Waals surface area contributed by atoms with E-state index in [-0.39, 0.29) is 5.41 Å². The van der Waals surface area contributed by atoms with Gasteiger partial charge in [-0.3, -0.25) is 0 Å². The van der Waals surface area contributed by atoms with Crippen LogP contribution in [0.5, 0.6) is 0 Å². The Balaban J connectivity index is 2.05. The van der Waals surface area contributed by atoms with Gasteiger partial charge in [-0.25, -0.2) is 4.98 Å². The Morgan fingerprint density at radius 2 is 1.94 bits per heavy atom. The number of aromatic amines is 1. The molecule has 0 saturated carbocycles. The van der Waals surface area contributed by atoms with Gasteiger partial charge >= 0.3 is 0 Å². The van der Waals surface area contributed by atoms with Crippen molar-refractivity contribution in [2.75, 3.05) is 0 Å². The average Bonchev–Trinajstić information content (AvgIpc) is 2.68. The summed E-state index contributed by atoms with van der Waals surface area (Å²) in [6.07, 6.45) is 10.7. The normalized spacial score (nSPS) is 17.8. The highest BCUT2D eigenvalue weighted by Crippen LogP contribution is 2.26. The summed E-state index contributed by atoms with van der Waals surface area (Å²) in [7, 11) is 0. The second-order valence-electron chi connectivity index (χ2n) is 5.24. The summed E-state index contributed by atoms with van der Waals surface area (Å²) in [6.45, 7) is 4.38. The Morgan fingerprint density at radius 3 is 2.78 bits per heavy atom. The van der Waals surface area contributed by atoms with Crippen LogP contribution in [0.4, 0.5) is 0 Å². The maximum absolute atomic E-state index is 4.62. The number of nitrogens with one attached hydrogen (secondary N) is 1. The van der Waals surface area contributed by atoms with Gasteiger partial charge in [-0.2, -0.15) is 0 Å². The summed E-state index contributed by atoms with van der Waals surface area (Å²) in [5.74, 6) is 0.926. The van der Waals surface area contributed by atoms with Crippen molar-refractivity contribution in [3.05, 3.63) is 60.5 Å². The first kappa shape index (κ1) is 11.0. The van der Waals surface area contributed by atoms with Crippen LogP contribution in [0, 0.1) is 5.41 Å². The number of nitrogens with zero attached hydrogens (tertiary/aromatic N) is 1. The summed E-state index contributed by atoms with van der Waals surface area (Å²) in [5, 5.41) is 0. The molecule has 0 radical (unpaired) electrons. The van der Waals surface area contributed by atoms with Crippen LogP contribution in [0.3, 0.4) is 0 Å². The van der Waals surface area contributed by atoms with E-state index in [2.05, 4.69) is 54.2 Å². The number of hydrogen-bond donors (Lipinski definition) is 1. The van der Waals surface area contributed by atoms with Gasteiger partial charge in [0, 0.05) is 11.0 Å². The largest absolute Gasteiger partial charge is 0.338 e. The zero-order chi connectivity index (χ0) is 12.6. The van der Waals surface area contributed by atoms with Gasteiger partial charge in [0.25, 0.3) is 0 Å². The van der Waals surface area contributed by atoms with Crippen LogP contribution >= 0.6 is 0 Å². The fraction of sp³-hybridized carbons (Fsp3) is 0.188. The van der Waals surface area contributed by atoms with E-state index in [1.54, 1.807) is 0 Å². The molecule has 0 saturated heterocycles. The number of fused-ring (bicyclic) bond motifs is 1. The molecule has 1 heterocycles. The highest BCUT2D eigenvalue weighted by Gasteiger charge is 2.12.